The molecule has 0 aromatic heterocycles. The van der Waals surface area contributed by atoms with Crippen molar-refractivity contribution in [3.63, 3.8) is 0 Å². The van der Waals surface area contributed by atoms with Crippen LogP contribution in [-0.2, 0) is 17.9 Å². The second-order valence-corrected chi connectivity index (χ2v) is 12.9. The molecule has 0 radical (unpaired) electrons. The van der Waals surface area contributed by atoms with Crippen LogP contribution in [-0.4, -0.2) is 23.3 Å². The predicted molar refractivity (Wildman–Crippen MR) is 178 cm³/mol. The van der Waals surface area contributed by atoms with Gasteiger partial charge in [0, 0.05) is 24.9 Å². The Balaban J connectivity index is 1.42. The van der Waals surface area contributed by atoms with Crippen molar-refractivity contribution in [3.8, 4) is 5.75 Å². The number of ether oxygens (including phenoxy) is 1. The van der Waals surface area contributed by atoms with E-state index in [-0.39, 0.29) is 5.91 Å². The van der Waals surface area contributed by atoms with Gasteiger partial charge in [-0.05, 0) is 53.6 Å². The summed E-state index contributed by atoms with van der Waals surface area (Å²) in [5.74, 6) is 1.79. The molecule has 2 aromatic rings. The highest BCUT2D eigenvalue weighted by molar-refractivity contribution is 8.03. The Morgan fingerprint density at radius 2 is 1.59 bits per heavy atom. The molecule has 41 heavy (non-hydrogen) atoms. The van der Waals surface area contributed by atoms with Crippen LogP contribution in [0.3, 0.4) is 0 Å². The highest BCUT2D eigenvalue weighted by Gasteiger charge is 2.17. The van der Waals surface area contributed by atoms with Crippen molar-refractivity contribution in [2.24, 2.45) is 0 Å². The maximum Gasteiger partial charge on any atom is 0.227 e. The predicted octanol–water partition coefficient (Wildman–Crippen LogP) is 10.7. The van der Waals surface area contributed by atoms with Gasteiger partial charge in [-0.25, -0.2) is 0 Å². The Morgan fingerprint density at radius 3 is 2.20 bits per heavy atom. The van der Waals surface area contributed by atoms with E-state index in [2.05, 4.69) is 37.1 Å². The lowest BCUT2D eigenvalue weighted by molar-refractivity contribution is -0.118. The summed E-state index contributed by atoms with van der Waals surface area (Å²) in [5.41, 5.74) is 3.11. The fourth-order valence-electron chi connectivity index (χ4n) is 5.25. The Kier molecular flexibility index (Phi) is 15.6. The third-order valence-corrected chi connectivity index (χ3v) is 8.94. The van der Waals surface area contributed by atoms with E-state index in [9.17, 15) is 4.79 Å². The van der Waals surface area contributed by atoms with Crippen molar-refractivity contribution in [3.05, 3.63) is 69.7 Å². The molecule has 6 heteroatoms. The Hall–Kier alpha value is -2.11. The maximum atomic E-state index is 13.0. The average Bonchev–Trinajstić information content (AvgIpc) is 3.38. The van der Waals surface area contributed by atoms with E-state index >= 15 is 0 Å². The molecular weight excluding hydrogens is 548 g/mol. The summed E-state index contributed by atoms with van der Waals surface area (Å²) in [6.07, 6.45) is 18.6. The highest BCUT2D eigenvalue weighted by atomic mass is 35.5. The monoisotopic (exact) mass is 598 g/mol. The number of amides is 1. The fraction of sp³-hybridized carbons (Fsp3) is 0.571. The summed E-state index contributed by atoms with van der Waals surface area (Å²) in [6, 6.07) is 14.2. The number of benzene rings is 2. The molecule has 0 unspecified atom stereocenters. The number of thioether (sulfide) groups is 1. The summed E-state index contributed by atoms with van der Waals surface area (Å²) in [6.45, 7) is 8.33. The van der Waals surface area contributed by atoms with Crippen molar-refractivity contribution in [2.75, 3.05) is 17.4 Å². The van der Waals surface area contributed by atoms with Gasteiger partial charge in [0.2, 0.25) is 5.91 Å². The van der Waals surface area contributed by atoms with Crippen LogP contribution >= 0.6 is 23.4 Å². The summed E-state index contributed by atoms with van der Waals surface area (Å²) in [7, 11) is 0. The van der Waals surface area contributed by atoms with Crippen LogP contribution in [0.1, 0.15) is 115 Å². The van der Waals surface area contributed by atoms with Crippen LogP contribution in [0, 0.1) is 0 Å². The molecule has 1 heterocycles. The number of halogens is 1. The number of carbonyl (C=O) groups is 1. The molecule has 0 bridgehead atoms. The second-order valence-electron chi connectivity index (χ2n) is 11.3. The lowest BCUT2D eigenvalue weighted by Gasteiger charge is -2.24. The molecule has 226 valence electrons. The van der Waals surface area contributed by atoms with Crippen molar-refractivity contribution in [1.29, 1.82) is 0 Å². The van der Waals surface area contributed by atoms with Crippen LogP contribution in [0.25, 0.3) is 0 Å². The first-order valence-electron chi connectivity index (χ1n) is 15.9. The molecule has 1 aliphatic heterocycles. The first-order valence-corrected chi connectivity index (χ1v) is 17.2. The minimum atomic E-state index is 0.0954. The molecule has 1 aliphatic rings. The van der Waals surface area contributed by atoms with E-state index in [1.54, 1.807) is 0 Å². The Bertz CT molecular complexity index is 1090. The Morgan fingerprint density at radius 1 is 0.902 bits per heavy atom. The molecular formula is C35H51ClN2O2S. The third-order valence-electron chi connectivity index (χ3n) is 7.63. The molecule has 0 N–H and O–H groups in total. The number of nitrogens with zero attached hydrogens (tertiary/aromatic N) is 2. The van der Waals surface area contributed by atoms with Gasteiger partial charge in [-0.3, -0.25) is 4.79 Å². The molecule has 0 aliphatic carbocycles. The van der Waals surface area contributed by atoms with Crippen LogP contribution in [0.5, 0.6) is 5.75 Å². The summed E-state index contributed by atoms with van der Waals surface area (Å²) >= 11 is 8.47. The fourth-order valence-corrected chi connectivity index (χ4v) is 6.26. The molecule has 3 rings (SSSR count). The first kappa shape index (κ1) is 33.4. The van der Waals surface area contributed by atoms with Gasteiger partial charge in [0.15, 0.2) is 0 Å². The van der Waals surface area contributed by atoms with Gasteiger partial charge < -0.3 is 14.5 Å². The van der Waals surface area contributed by atoms with Gasteiger partial charge in [-0.15, -0.1) is 11.8 Å². The lowest BCUT2D eigenvalue weighted by Crippen LogP contribution is -2.29. The number of anilines is 1. The summed E-state index contributed by atoms with van der Waals surface area (Å²) in [4.78, 5) is 18.5. The normalized spacial score (nSPS) is 13.0. The smallest absolute Gasteiger partial charge is 0.227 e. The van der Waals surface area contributed by atoms with E-state index in [0.717, 1.165) is 35.8 Å². The van der Waals surface area contributed by atoms with Crippen LogP contribution in [0.4, 0.5) is 5.69 Å². The standard InChI is InChI=1S/C35H51ClN2O2S/c1-4-6-7-8-9-10-11-12-13-14-15-16-22-40-34-21-20-31(24-33(34)36)27-38(35(39)5-2)32-19-17-18-30(23-32)26-37-25-29(3)41-28-37/h17-21,23-25H,4-16,22,26-28H2,1-3H3. The van der Waals surface area contributed by atoms with Gasteiger partial charge in [0.25, 0.3) is 0 Å². The SMILES string of the molecule is CCCCCCCCCCCCCCOc1ccc(CN(C(=O)CC)c2cccc(CN3C=C(C)SC3)c2)cc1Cl. The minimum Gasteiger partial charge on any atom is -0.492 e. The van der Waals surface area contributed by atoms with E-state index in [0.29, 0.717) is 24.6 Å². The third kappa shape index (κ3) is 12.3. The summed E-state index contributed by atoms with van der Waals surface area (Å²) in [5, 5.41) is 0.604. The van der Waals surface area contributed by atoms with Gasteiger partial charge in [0.05, 0.1) is 24.1 Å². The van der Waals surface area contributed by atoms with Gasteiger partial charge >= 0.3 is 0 Å². The molecule has 0 saturated heterocycles. The van der Waals surface area contributed by atoms with Gasteiger partial charge in [-0.2, -0.15) is 0 Å². The number of hydrogen-bond donors (Lipinski definition) is 0. The second kappa shape index (κ2) is 19.2. The van der Waals surface area contributed by atoms with E-state index in [4.69, 9.17) is 16.3 Å². The van der Waals surface area contributed by atoms with Crippen molar-refractivity contribution in [1.82, 2.24) is 4.90 Å². The molecule has 2 aromatic carbocycles. The molecule has 1 amide bonds. The average molecular weight is 599 g/mol. The van der Waals surface area contributed by atoms with Crippen LogP contribution in [0.2, 0.25) is 5.02 Å². The quantitative estimate of drug-likeness (QED) is 0.142. The van der Waals surface area contributed by atoms with E-state index in [1.807, 2.05) is 53.9 Å². The topological polar surface area (TPSA) is 32.8 Å². The van der Waals surface area contributed by atoms with Crippen molar-refractivity contribution in [2.45, 2.75) is 117 Å². The maximum absolute atomic E-state index is 13.0. The zero-order valence-electron chi connectivity index (χ0n) is 25.6. The molecule has 0 fully saturated rings. The van der Waals surface area contributed by atoms with Crippen LogP contribution in [0.15, 0.2) is 53.6 Å². The zero-order valence-corrected chi connectivity index (χ0v) is 27.2. The number of unbranched alkanes of at least 4 members (excludes halogenated alkanes) is 11. The highest BCUT2D eigenvalue weighted by Crippen LogP contribution is 2.29. The van der Waals surface area contributed by atoms with E-state index < -0.39 is 0 Å². The molecule has 4 nitrogen and oxygen atoms in total. The van der Waals surface area contributed by atoms with E-state index in [1.165, 1.54) is 81.1 Å². The number of rotatable bonds is 20. The molecule has 0 atom stereocenters. The Labute approximate surface area is 258 Å². The molecule has 0 spiro atoms. The number of carbonyl (C=O) groups excluding carboxylic acids is 1. The zero-order chi connectivity index (χ0) is 29.3. The lowest BCUT2D eigenvalue weighted by atomic mass is 10.1. The van der Waals surface area contributed by atoms with Gasteiger partial charge in [-0.1, -0.05) is 114 Å². The molecule has 0 saturated carbocycles. The van der Waals surface area contributed by atoms with Crippen molar-refractivity contribution >= 4 is 35.0 Å². The summed E-state index contributed by atoms with van der Waals surface area (Å²) < 4.78 is 6.00. The minimum absolute atomic E-state index is 0.0954. The largest absolute Gasteiger partial charge is 0.492 e. The first-order chi connectivity index (χ1) is 20.0. The number of hydrogen-bond acceptors (Lipinski definition) is 4. The van der Waals surface area contributed by atoms with Gasteiger partial charge in [0.1, 0.15) is 5.75 Å². The van der Waals surface area contributed by atoms with Crippen LogP contribution < -0.4 is 9.64 Å². The number of allylic oxidation sites excluding steroid dienone is 1. The van der Waals surface area contributed by atoms with Crippen molar-refractivity contribution < 1.29 is 9.53 Å².